The number of nitrogen functional groups attached to an aromatic ring is 1. The minimum Gasteiger partial charge on any atom is -0.466 e. The van der Waals surface area contributed by atoms with E-state index in [1.54, 1.807) is 11.8 Å². The van der Waals surface area contributed by atoms with Crippen molar-refractivity contribution in [2.45, 2.75) is 32.6 Å². The van der Waals surface area contributed by atoms with E-state index in [4.69, 9.17) is 10.5 Å². The Morgan fingerprint density at radius 2 is 2.14 bits per heavy atom. The number of nitrogens with zero attached hydrogens (tertiary/aromatic N) is 1. The van der Waals surface area contributed by atoms with Crippen LogP contribution >= 0.6 is 0 Å². The van der Waals surface area contributed by atoms with Crippen LogP contribution in [-0.2, 0) is 20.7 Å². The van der Waals surface area contributed by atoms with Crippen molar-refractivity contribution in [3.8, 4) is 0 Å². The number of esters is 1. The van der Waals surface area contributed by atoms with Gasteiger partial charge in [0.05, 0.1) is 12.5 Å². The van der Waals surface area contributed by atoms with E-state index in [0.717, 1.165) is 30.6 Å². The maximum Gasteiger partial charge on any atom is 0.310 e. The third-order valence-electron chi connectivity index (χ3n) is 4.06. The summed E-state index contributed by atoms with van der Waals surface area (Å²) in [5.74, 6) is -0.288. The second-order valence-electron chi connectivity index (χ2n) is 5.63. The van der Waals surface area contributed by atoms with Gasteiger partial charge in [-0.3, -0.25) is 9.59 Å². The maximum absolute atomic E-state index is 12.3. The fraction of sp³-hybridized carbons (Fsp3) is 0.529. The zero-order chi connectivity index (χ0) is 15.9. The van der Waals surface area contributed by atoms with Crippen LogP contribution in [0.5, 0.6) is 0 Å². The molecule has 0 aliphatic carbocycles. The first kappa shape index (κ1) is 16.3. The minimum absolute atomic E-state index is 0.0808. The molecule has 2 rings (SSSR count). The number of rotatable bonds is 5. The molecule has 1 heterocycles. The predicted molar refractivity (Wildman–Crippen MR) is 85.1 cm³/mol. The first-order valence-corrected chi connectivity index (χ1v) is 7.89. The van der Waals surface area contributed by atoms with Crippen LogP contribution in [0.4, 0.5) is 5.69 Å². The summed E-state index contributed by atoms with van der Waals surface area (Å²) in [5.41, 5.74) is 7.61. The largest absolute Gasteiger partial charge is 0.466 e. The van der Waals surface area contributed by atoms with Crippen molar-refractivity contribution in [3.63, 3.8) is 0 Å². The summed E-state index contributed by atoms with van der Waals surface area (Å²) in [4.78, 5) is 25.9. The first-order chi connectivity index (χ1) is 10.6. The molecule has 0 saturated carbocycles. The quantitative estimate of drug-likeness (QED) is 0.667. The highest BCUT2D eigenvalue weighted by atomic mass is 16.5. The molecule has 1 atom stereocenters. The molecule has 1 fully saturated rings. The van der Waals surface area contributed by atoms with Gasteiger partial charge >= 0.3 is 5.97 Å². The molecule has 5 nitrogen and oxygen atoms in total. The van der Waals surface area contributed by atoms with Crippen molar-refractivity contribution in [2.75, 3.05) is 25.4 Å². The number of likely N-dealkylation sites (tertiary alicyclic amines) is 1. The lowest BCUT2D eigenvalue weighted by molar-refractivity contribution is -0.151. The lowest BCUT2D eigenvalue weighted by atomic mass is 9.97. The average Bonchev–Trinajstić information content (AvgIpc) is 2.54. The van der Waals surface area contributed by atoms with Crippen LogP contribution in [-0.4, -0.2) is 36.5 Å². The fourth-order valence-corrected chi connectivity index (χ4v) is 2.82. The summed E-state index contributed by atoms with van der Waals surface area (Å²) in [6.07, 6.45) is 2.70. The van der Waals surface area contributed by atoms with Crippen molar-refractivity contribution >= 4 is 17.6 Å². The Kier molecular flexibility index (Phi) is 5.81. The second-order valence-corrected chi connectivity index (χ2v) is 5.63. The number of para-hydroxylation sites is 1. The monoisotopic (exact) mass is 304 g/mol. The SMILES string of the molecule is CCOC(=O)C1CCCN(C(=O)CCc2ccccc2N)C1. The zero-order valence-electron chi connectivity index (χ0n) is 13.1. The fourth-order valence-electron chi connectivity index (χ4n) is 2.82. The Morgan fingerprint density at radius 1 is 1.36 bits per heavy atom. The van der Waals surface area contributed by atoms with Crippen molar-refractivity contribution in [1.29, 1.82) is 0 Å². The Balaban J connectivity index is 1.87. The van der Waals surface area contributed by atoms with E-state index in [2.05, 4.69) is 0 Å². The number of carbonyl (C=O) groups excluding carboxylic acids is 2. The molecule has 1 aliphatic rings. The first-order valence-electron chi connectivity index (χ1n) is 7.89. The maximum atomic E-state index is 12.3. The number of hydrogen-bond donors (Lipinski definition) is 1. The van der Waals surface area contributed by atoms with Crippen LogP contribution in [0.2, 0.25) is 0 Å². The summed E-state index contributed by atoms with van der Waals surface area (Å²) in [6.45, 7) is 3.38. The molecule has 120 valence electrons. The van der Waals surface area contributed by atoms with Gasteiger partial charge < -0.3 is 15.4 Å². The number of amides is 1. The lowest BCUT2D eigenvalue weighted by Gasteiger charge is -2.31. The predicted octanol–water partition coefficient (Wildman–Crippen LogP) is 2.00. The van der Waals surface area contributed by atoms with E-state index >= 15 is 0 Å². The third-order valence-corrected chi connectivity index (χ3v) is 4.06. The van der Waals surface area contributed by atoms with E-state index in [1.165, 1.54) is 0 Å². The third kappa shape index (κ3) is 4.23. The summed E-state index contributed by atoms with van der Waals surface area (Å²) in [7, 11) is 0. The summed E-state index contributed by atoms with van der Waals surface area (Å²) in [5, 5.41) is 0. The molecule has 0 spiro atoms. The van der Waals surface area contributed by atoms with E-state index in [9.17, 15) is 9.59 Å². The van der Waals surface area contributed by atoms with Crippen LogP contribution in [0.15, 0.2) is 24.3 Å². The molecule has 1 aromatic rings. The summed E-state index contributed by atoms with van der Waals surface area (Å²) >= 11 is 0. The molecule has 0 aromatic heterocycles. The molecule has 1 aliphatic heterocycles. The lowest BCUT2D eigenvalue weighted by Crippen LogP contribution is -2.42. The number of nitrogens with two attached hydrogens (primary N) is 1. The Hall–Kier alpha value is -2.04. The second kappa shape index (κ2) is 7.82. The number of benzene rings is 1. The molecule has 22 heavy (non-hydrogen) atoms. The molecule has 2 N–H and O–H groups in total. The van der Waals surface area contributed by atoms with Crippen molar-refractivity contribution in [1.82, 2.24) is 4.90 Å². The normalized spacial score (nSPS) is 18.0. The van der Waals surface area contributed by atoms with E-state index in [1.807, 2.05) is 24.3 Å². The van der Waals surface area contributed by atoms with Crippen molar-refractivity contribution in [3.05, 3.63) is 29.8 Å². The van der Waals surface area contributed by atoms with Gasteiger partial charge in [0.1, 0.15) is 0 Å². The Bertz CT molecular complexity index is 530. The molecular formula is C17H24N2O3. The molecule has 1 aromatic carbocycles. The highest BCUT2D eigenvalue weighted by Gasteiger charge is 2.29. The van der Waals surface area contributed by atoms with Gasteiger partial charge in [-0.05, 0) is 37.8 Å². The topological polar surface area (TPSA) is 72.6 Å². The zero-order valence-corrected chi connectivity index (χ0v) is 13.1. The van der Waals surface area contributed by atoms with Crippen molar-refractivity contribution in [2.24, 2.45) is 5.92 Å². The van der Waals surface area contributed by atoms with Gasteiger partial charge in [0.2, 0.25) is 5.91 Å². The van der Waals surface area contributed by atoms with Gasteiger partial charge in [0.25, 0.3) is 0 Å². The summed E-state index contributed by atoms with van der Waals surface area (Å²) < 4.78 is 5.06. The number of hydrogen-bond acceptors (Lipinski definition) is 4. The minimum atomic E-state index is -0.188. The highest BCUT2D eigenvalue weighted by Crippen LogP contribution is 2.20. The van der Waals surface area contributed by atoms with Gasteiger partial charge in [0, 0.05) is 25.2 Å². The van der Waals surface area contributed by atoms with Crippen LogP contribution in [0, 0.1) is 5.92 Å². The van der Waals surface area contributed by atoms with Crippen LogP contribution in [0.1, 0.15) is 31.7 Å². The van der Waals surface area contributed by atoms with Gasteiger partial charge in [-0.25, -0.2) is 0 Å². The standard InChI is InChI=1S/C17H24N2O3/c1-2-22-17(21)14-7-5-11-19(12-14)16(20)10-9-13-6-3-4-8-15(13)18/h3-4,6,8,14H,2,5,7,9-12,18H2,1H3. The average molecular weight is 304 g/mol. The molecule has 5 heteroatoms. The smallest absolute Gasteiger partial charge is 0.310 e. The Morgan fingerprint density at radius 3 is 2.86 bits per heavy atom. The number of aryl methyl sites for hydroxylation is 1. The molecule has 0 radical (unpaired) electrons. The molecule has 1 unspecified atom stereocenters. The summed E-state index contributed by atoms with van der Waals surface area (Å²) in [6, 6.07) is 7.60. The number of ether oxygens (including phenoxy) is 1. The van der Waals surface area contributed by atoms with Crippen LogP contribution in [0.25, 0.3) is 0 Å². The molecule has 1 amide bonds. The molecule has 0 bridgehead atoms. The van der Waals surface area contributed by atoms with Crippen LogP contribution in [0.3, 0.4) is 0 Å². The molecular weight excluding hydrogens is 280 g/mol. The van der Waals surface area contributed by atoms with E-state index in [-0.39, 0.29) is 17.8 Å². The Labute approximate surface area is 131 Å². The van der Waals surface area contributed by atoms with E-state index < -0.39 is 0 Å². The highest BCUT2D eigenvalue weighted by molar-refractivity contribution is 5.79. The van der Waals surface area contributed by atoms with Gasteiger partial charge in [0.15, 0.2) is 0 Å². The number of anilines is 1. The van der Waals surface area contributed by atoms with Gasteiger partial charge in [-0.15, -0.1) is 0 Å². The number of carbonyl (C=O) groups is 2. The van der Waals surface area contributed by atoms with Gasteiger partial charge in [-0.1, -0.05) is 18.2 Å². The van der Waals surface area contributed by atoms with E-state index in [0.29, 0.717) is 26.0 Å². The van der Waals surface area contributed by atoms with Crippen LogP contribution < -0.4 is 5.73 Å². The molecule has 1 saturated heterocycles. The van der Waals surface area contributed by atoms with Gasteiger partial charge in [-0.2, -0.15) is 0 Å². The van der Waals surface area contributed by atoms with Crippen molar-refractivity contribution < 1.29 is 14.3 Å². The number of piperidine rings is 1.